The molecule has 3 rings (SSSR count). The molecule has 0 unspecified atom stereocenters. The zero-order valence-corrected chi connectivity index (χ0v) is 18.4. The minimum absolute atomic E-state index is 0.140. The van der Waals surface area contributed by atoms with Crippen LogP contribution < -0.4 is 10.6 Å². The summed E-state index contributed by atoms with van der Waals surface area (Å²) >= 11 is 6.05. The molecule has 1 aliphatic heterocycles. The molecule has 2 aromatic rings. The van der Waals surface area contributed by atoms with Crippen LogP contribution >= 0.6 is 11.6 Å². The Morgan fingerprint density at radius 1 is 1.03 bits per heavy atom. The fraction of sp³-hybridized carbons (Fsp3) is 0.417. The molecule has 2 aromatic carbocycles. The predicted octanol–water partition coefficient (Wildman–Crippen LogP) is 4.26. The third kappa shape index (κ3) is 6.77. The second-order valence-corrected chi connectivity index (χ2v) is 7.99. The molecule has 1 saturated heterocycles. The first-order valence-electron chi connectivity index (χ1n) is 10.8. The van der Waals surface area contributed by atoms with Gasteiger partial charge in [0.05, 0.1) is 6.54 Å². The summed E-state index contributed by atoms with van der Waals surface area (Å²) in [6.07, 6.45) is 4.31. The van der Waals surface area contributed by atoms with Crippen LogP contribution in [-0.2, 0) is 13.0 Å². The summed E-state index contributed by atoms with van der Waals surface area (Å²) in [5.41, 5.74) is 3.04. The highest BCUT2D eigenvalue weighted by Crippen LogP contribution is 2.14. The van der Waals surface area contributed by atoms with Crippen molar-refractivity contribution in [1.82, 2.24) is 15.5 Å². The van der Waals surface area contributed by atoms with E-state index in [1.165, 1.54) is 12.0 Å². The van der Waals surface area contributed by atoms with Crippen LogP contribution in [0.5, 0.6) is 0 Å². The van der Waals surface area contributed by atoms with Gasteiger partial charge in [0, 0.05) is 36.8 Å². The summed E-state index contributed by atoms with van der Waals surface area (Å²) in [5.74, 6) is 0.925. The van der Waals surface area contributed by atoms with Gasteiger partial charge in [-0.25, -0.2) is 4.99 Å². The second kappa shape index (κ2) is 11.6. The molecule has 2 N–H and O–H groups in total. The lowest BCUT2D eigenvalue weighted by molar-refractivity contribution is 0.0724. The van der Waals surface area contributed by atoms with E-state index in [0.29, 0.717) is 6.54 Å². The van der Waals surface area contributed by atoms with Gasteiger partial charge in [0.1, 0.15) is 0 Å². The average molecular weight is 427 g/mol. The van der Waals surface area contributed by atoms with Crippen LogP contribution in [0.2, 0.25) is 5.02 Å². The number of benzene rings is 2. The van der Waals surface area contributed by atoms with Crippen molar-refractivity contribution >= 4 is 23.5 Å². The third-order valence-electron chi connectivity index (χ3n) is 5.20. The number of likely N-dealkylation sites (tertiary alicyclic amines) is 1. The van der Waals surface area contributed by atoms with Gasteiger partial charge in [-0.2, -0.15) is 0 Å². The highest BCUT2D eigenvalue weighted by atomic mass is 35.5. The first-order valence-corrected chi connectivity index (χ1v) is 11.2. The maximum Gasteiger partial charge on any atom is 0.253 e. The van der Waals surface area contributed by atoms with Crippen molar-refractivity contribution in [1.29, 1.82) is 0 Å². The van der Waals surface area contributed by atoms with Gasteiger partial charge < -0.3 is 15.5 Å². The number of nitrogens with zero attached hydrogens (tertiary/aromatic N) is 2. The quantitative estimate of drug-likeness (QED) is 0.513. The molecule has 5 nitrogen and oxygen atoms in total. The highest BCUT2D eigenvalue weighted by Gasteiger charge is 2.17. The fourth-order valence-corrected chi connectivity index (χ4v) is 3.77. The third-order valence-corrected chi connectivity index (χ3v) is 5.44. The highest BCUT2D eigenvalue weighted by molar-refractivity contribution is 6.30. The van der Waals surface area contributed by atoms with Crippen molar-refractivity contribution in [2.24, 2.45) is 4.99 Å². The SMILES string of the molecule is CCNC(=NCc1ccc(C(=O)N2CCCCC2)cc1)NCCc1cccc(Cl)c1. The topological polar surface area (TPSA) is 56.7 Å². The maximum atomic E-state index is 12.6. The van der Waals surface area contributed by atoms with E-state index < -0.39 is 0 Å². The zero-order chi connectivity index (χ0) is 21.2. The summed E-state index contributed by atoms with van der Waals surface area (Å²) in [6, 6.07) is 15.7. The van der Waals surface area contributed by atoms with E-state index in [1.54, 1.807) is 0 Å². The smallest absolute Gasteiger partial charge is 0.253 e. The normalized spacial score (nSPS) is 14.5. The lowest BCUT2D eigenvalue weighted by atomic mass is 10.1. The first kappa shape index (κ1) is 22.2. The number of piperidine rings is 1. The summed E-state index contributed by atoms with van der Waals surface area (Å²) in [6.45, 7) is 5.93. The molecule has 0 aliphatic carbocycles. The molecule has 1 amide bonds. The number of aliphatic imine (C=N–C) groups is 1. The van der Waals surface area contributed by atoms with E-state index in [4.69, 9.17) is 11.6 Å². The molecule has 30 heavy (non-hydrogen) atoms. The molecule has 1 fully saturated rings. The number of rotatable bonds is 7. The summed E-state index contributed by atoms with van der Waals surface area (Å²) in [7, 11) is 0. The zero-order valence-electron chi connectivity index (χ0n) is 17.7. The number of carbonyl (C=O) groups excluding carboxylic acids is 1. The second-order valence-electron chi connectivity index (χ2n) is 7.55. The van der Waals surface area contributed by atoms with E-state index in [2.05, 4.69) is 28.6 Å². The van der Waals surface area contributed by atoms with Gasteiger partial charge in [0.15, 0.2) is 5.96 Å². The lowest BCUT2D eigenvalue weighted by Gasteiger charge is -2.26. The van der Waals surface area contributed by atoms with Crippen LogP contribution in [0.1, 0.15) is 47.7 Å². The summed E-state index contributed by atoms with van der Waals surface area (Å²) in [4.78, 5) is 19.2. The van der Waals surface area contributed by atoms with Crippen molar-refractivity contribution in [3.63, 3.8) is 0 Å². The van der Waals surface area contributed by atoms with Crippen LogP contribution in [0.15, 0.2) is 53.5 Å². The molecular formula is C24H31ClN4O. The molecule has 0 radical (unpaired) electrons. The van der Waals surface area contributed by atoms with E-state index >= 15 is 0 Å². The molecule has 1 aliphatic rings. The number of halogens is 1. The van der Waals surface area contributed by atoms with Gasteiger partial charge in [-0.05, 0) is 68.0 Å². The molecule has 6 heteroatoms. The van der Waals surface area contributed by atoms with Gasteiger partial charge in [0.25, 0.3) is 5.91 Å². The summed E-state index contributed by atoms with van der Waals surface area (Å²) in [5, 5.41) is 7.40. The van der Waals surface area contributed by atoms with Crippen LogP contribution in [-0.4, -0.2) is 42.9 Å². The average Bonchev–Trinajstić information content (AvgIpc) is 2.78. The maximum absolute atomic E-state index is 12.6. The van der Waals surface area contributed by atoms with Crippen molar-refractivity contribution in [2.75, 3.05) is 26.2 Å². The van der Waals surface area contributed by atoms with E-state index in [1.807, 2.05) is 47.4 Å². The van der Waals surface area contributed by atoms with Gasteiger partial charge in [-0.3, -0.25) is 4.79 Å². The Balaban J connectivity index is 1.52. The van der Waals surface area contributed by atoms with E-state index in [0.717, 1.165) is 67.6 Å². The van der Waals surface area contributed by atoms with Gasteiger partial charge >= 0.3 is 0 Å². The molecule has 0 aromatic heterocycles. The van der Waals surface area contributed by atoms with Crippen LogP contribution in [0.3, 0.4) is 0 Å². The molecule has 0 atom stereocenters. The Kier molecular flexibility index (Phi) is 8.57. The Hall–Kier alpha value is -2.53. The molecule has 0 bridgehead atoms. The number of nitrogens with one attached hydrogen (secondary N) is 2. The largest absolute Gasteiger partial charge is 0.357 e. The van der Waals surface area contributed by atoms with E-state index in [9.17, 15) is 4.79 Å². The van der Waals surface area contributed by atoms with Crippen molar-refractivity contribution < 1.29 is 4.79 Å². The van der Waals surface area contributed by atoms with Crippen molar-refractivity contribution in [3.8, 4) is 0 Å². The monoisotopic (exact) mass is 426 g/mol. The molecule has 0 saturated carbocycles. The van der Waals surface area contributed by atoms with Crippen LogP contribution in [0.25, 0.3) is 0 Å². The van der Waals surface area contributed by atoms with Crippen LogP contribution in [0.4, 0.5) is 0 Å². The Bertz CT molecular complexity index is 845. The summed E-state index contributed by atoms with van der Waals surface area (Å²) < 4.78 is 0. The minimum atomic E-state index is 0.140. The standard InChI is InChI=1S/C24H31ClN4O/c1-2-26-24(27-14-13-19-7-6-8-22(25)17-19)28-18-20-9-11-21(12-10-20)23(30)29-15-4-3-5-16-29/h6-12,17H,2-5,13-16,18H2,1H3,(H2,26,27,28). The number of carbonyl (C=O) groups is 1. The molecule has 1 heterocycles. The van der Waals surface area contributed by atoms with E-state index in [-0.39, 0.29) is 5.91 Å². The van der Waals surface area contributed by atoms with Crippen molar-refractivity contribution in [3.05, 3.63) is 70.2 Å². The number of amides is 1. The number of guanidine groups is 1. The Morgan fingerprint density at radius 3 is 2.50 bits per heavy atom. The van der Waals surface area contributed by atoms with Crippen LogP contribution in [0, 0.1) is 0 Å². The Morgan fingerprint density at radius 2 is 1.80 bits per heavy atom. The number of hydrogen-bond acceptors (Lipinski definition) is 2. The molecule has 0 spiro atoms. The number of hydrogen-bond donors (Lipinski definition) is 2. The Labute approximate surface area is 184 Å². The van der Waals surface area contributed by atoms with Gasteiger partial charge in [0.2, 0.25) is 0 Å². The lowest BCUT2D eigenvalue weighted by Crippen LogP contribution is -2.38. The van der Waals surface area contributed by atoms with Crippen molar-refractivity contribution in [2.45, 2.75) is 39.2 Å². The predicted molar refractivity (Wildman–Crippen MR) is 124 cm³/mol. The van der Waals surface area contributed by atoms with Gasteiger partial charge in [-0.15, -0.1) is 0 Å². The minimum Gasteiger partial charge on any atom is -0.357 e. The molecule has 160 valence electrons. The molecular weight excluding hydrogens is 396 g/mol. The first-order chi connectivity index (χ1) is 14.7. The fourth-order valence-electron chi connectivity index (χ4n) is 3.56. The van der Waals surface area contributed by atoms with Gasteiger partial charge in [-0.1, -0.05) is 35.9 Å².